The van der Waals surface area contributed by atoms with E-state index in [1.54, 1.807) is 41.3 Å². The van der Waals surface area contributed by atoms with Crippen LogP contribution in [0.3, 0.4) is 0 Å². The lowest BCUT2D eigenvalue weighted by Crippen LogP contribution is -2.37. The van der Waals surface area contributed by atoms with Gasteiger partial charge in [0.25, 0.3) is 11.8 Å². The molecular formula is C21H22N2O5. The second-order valence-electron chi connectivity index (χ2n) is 6.47. The van der Waals surface area contributed by atoms with E-state index < -0.39 is 11.9 Å². The van der Waals surface area contributed by atoms with Gasteiger partial charge < -0.3 is 19.7 Å². The van der Waals surface area contributed by atoms with Gasteiger partial charge in [0.2, 0.25) is 0 Å². The first kappa shape index (κ1) is 19.6. The van der Waals surface area contributed by atoms with Gasteiger partial charge in [-0.2, -0.15) is 0 Å². The highest BCUT2D eigenvalue weighted by molar-refractivity contribution is 6.07. The standard InChI is InChI=1S/C21H22N2O5/c1-14(24)28-19-8-4-3-7-17(19)21(26)22-16-10-9-15-6-5-11-23(18(15)12-16)20(25)13-27-2/h3-4,7-10,12H,5-6,11,13H2,1-2H3,(H,22,26). The number of hydrogen-bond donors (Lipinski definition) is 1. The summed E-state index contributed by atoms with van der Waals surface area (Å²) in [5, 5.41) is 2.81. The van der Waals surface area contributed by atoms with Crippen LogP contribution < -0.4 is 15.0 Å². The molecule has 1 aliphatic rings. The zero-order valence-electron chi connectivity index (χ0n) is 15.9. The number of anilines is 2. The fourth-order valence-corrected chi connectivity index (χ4v) is 3.21. The Bertz CT molecular complexity index is 909. The number of nitrogens with one attached hydrogen (secondary N) is 1. The SMILES string of the molecule is COCC(=O)N1CCCc2ccc(NC(=O)c3ccccc3OC(C)=O)cc21. The average Bonchev–Trinajstić information content (AvgIpc) is 2.67. The summed E-state index contributed by atoms with van der Waals surface area (Å²) in [5.74, 6) is -0.821. The van der Waals surface area contributed by atoms with Crippen molar-refractivity contribution in [2.24, 2.45) is 0 Å². The van der Waals surface area contributed by atoms with E-state index in [2.05, 4.69) is 5.32 Å². The number of carbonyl (C=O) groups is 3. The van der Waals surface area contributed by atoms with Crippen LogP contribution in [-0.2, 0) is 20.7 Å². The summed E-state index contributed by atoms with van der Waals surface area (Å²) in [6.07, 6.45) is 1.75. The van der Waals surface area contributed by atoms with Crippen molar-refractivity contribution >= 4 is 29.2 Å². The molecule has 2 aromatic rings. The highest BCUT2D eigenvalue weighted by Gasteiger charge is 2.23. The third-order valence-corrected chi connectivity index (χ3v) is 4.42. The first-order chi connectivity index (χ1) is 13.5. The maximum Gasteiger partial charge on any atom is 0.308 e. The lowest BCUT2D eigenvalue weighted by Gasteiger charge is -2.30. The molecule has 0 spiro atoms. The molecule has 1 N–H and O–H groups in total. The third kappa shape index (κ3) is 4.37. The van der Waals surface area contributed by atoms with Crippen molar-refractivity contribution in [3.8, 4) is 5.75 Å². The molecule has 0 unspecified atom stereocenters. The monoisotopic (exact) mass is 382 g/mol. The van der Waals surface area contributed by atoms with Crippen LogP contribution in [0.5, 0.6) is 5.75 Å². The molecule has 0 aromatic heterocycles. The minimum atomic E-state index is -0.499. The number of esters is 1. The van der Waals surface area contributed by atoms with Crippen LogP contribution >= 0.6 is 0 Å². The molecular weight excluding hydrogens is 360 g/mol. The van der Waals surface area contributed by atoms with Crippen molar-refractivity contribution in [3.63, 3.8) is 0 Å². The summed E-state index contributed by atoms with van der Waals surface area (Å²) in [4.78, 5) is 38.0. The van der Waals surface area contributed by atoms with E-state index >= 15 is 0 Å². The number of methoxy groups -OCH3 is 1. The fraction of sp³-hybridized carbons (Fsp3) is 0.286. The maximum absolute atomic E-state index is 12.7. The molecule has 0 bridgehead atoms. The Morgan fingerprint density at radius 1 is 1.14 bits per heavy atom. The molecule has 7 heteroatoms. The third-order valence-electron chi connectivity index (χ3n) is 4.42. The van der Waals surface area contributed by atoms with Gasteiger partial charge in [-0.25, -0.2) is 0 Å². The number of rotatable bonds is 5. The van der Waals surface area contributed by atoms with Crippen LogP contribution in [-0.4, -0.2) is 38.0 Å². The number of carbonyl (C=O) groups excluding carboxylic acids is 3. The number of aryl methyl sites for hydroxylation is 1. The molecule has 0 saturated carbocycles. The van der Waals surface area contributed by atoms with E-state index in [9.17, 15) is 14.4 Å². The van der Waals surface area contributed by atoms with Gasteiger partial charge in [-0.3, -0.25) is 14.4 Å². The average molecular weight is 382 g/mol. The van der Waals surface area contributed by atoms with Crippen LogP contribution in [0.25, 0.3) is 0 Å². The summed E-state index contributed by atoms with van der Waals surface area (Å²) < 4.78 is 10.1. The molecule has 3 rings (SSSR count). The summed E-state index contributed by atoms with van der Waals surface area (Å²) in [6.45, 7) is 1.90. The predicted octanol–water partition coefficient (Wildman–Crippen LogP) is 2.79. The van der Waals surface area contributed by atoms with Gasteiger partial charge in [0.15, 0.2) is 0 Å². The maximum atomic E-state index is 12.7. The topological polar surface area (TPSA) is 84.9 Å². The second kappa shape index (κ2) is 8.67. The minimum Gasteiger partial charge on any atom is -0.426 e. The highest BCUT2D eigenvalue weighted by atomic mass is 16.5. The lowest BCUT2D eigenvalue weighted by molar-refractivity contribution is -0.131. The normalized spacial score (nSPS) is 12.9. The van der Waals surface area contributed by atoms with E-state index in [0.717, 1.165) is 24.1 Å². The van der Waals surface area contributed by atoms with Crippen LogP contribution in [0.15, 0.2) is 42.5 Å². The van der Waals surface area contributed by atoms with Crippen molar-refractivity contribution in [1.82, 2.24) is 0 Å². The largest absolute Gasteiger partial charge is 0.426 e. The summed E-state index contributed by atoms with van der Waals surface area (Å²) in [5.41, 5.74) is 2.63. The summed E-state index contributed by atoms with van der Waals surface area (Å²) in [6, 6.07) is 12.0. The first-order valence-corrected chi connectivity index (χ1v) is 9.00. The van der Waals surface area contributed by atoms with Gasteiger partial charge in [-0.1, -0.05) is 18.2 Å². The lowest BCUT2D eigenvalue weighted by atomic mass is 10.0. The Balaban J connectivity index is 1.84. The van der Waals surface area contributed by atoms with Crippen molar-refractivity contribution in [2.45, 2.75) is 19.8 Å². The number of amides is 2. The zero-order valence-corrected chi connectivity index (χ0v) is 15.9. The number of hydrogen-bond acceptors (Lipinski definition) is 5. The molecule has 0 radical (unpaired) electrons. The van der Waals surface area contributed by atoms with E-state index in [1.165, 1.54) is 14.0 Å². The fourth-order valence-electron chi connectivity index (χ4n) is 3.21. The molecule has 0 atom stereocenters. The van der Waals surface area contributed by atoms with Gasteiger partial charge in [0.05, 0.1) is 5.56 Å². The number of ether oxygens (including phenoxy) is 2. The Hall–Kier alpha value is -3.19. The minimum absolute atomic E-state index is 0.00574. The molecule has 0 aliphatic carbocycles. The predicted molar refractivity (Wildman–Crippen MR) is 105 cm³/mol. The molecule has 1 heterocycles. The summed E-state index contributed by atoms with van der Waals surface area (Å²) >= 11 is 0. The van der Waals surface area contributed by atoms with Crippen molar-refractivity contribution in [1.29, 1.82) is 0 Å². The Morgan fingerprint density at radius 3 is 2.68 bits per heavy atom. The number of nitrogens with zero attached hydrogens (tertiary/aromatic N) is 1. The number of para-hydroxylation sites is 1. The molecule has 1 aliphatic heterocycles. The van der Waals surface area contributed by atoms with Gasteiger partial charge in [0.1, 0.15) is 12.4 Å². The Morgan fingerprint density at radius 2 is 1.93 bits per heavy atom. The zero-order chi connectivity index (χ0) is 20.1. The van der Waals surface area contributed by atoms with Gasteiger partial charge in [-0.15, -0.1) is 0 Å². The smallest absolute Gasteiger partial charge is 0.308 e. The molecule has 2 amide bonds. The van der Waals surface area contributed by atoms with Crippen LogP contribution in [0.1, 0.15) is 29.3 Å². The van der Waals surface area contributed by atoms with Crippen molar-refractivity contribution in [2.75, 3.05) is 30.5 Å². The van der Waals surface area contributed by atoms with Gasteiger partial charge >= 0.3 is 5.97 Å². The van der Waals surface area contributed by atoms with Gasteiger partial charge in [-0.05, 0) is 42.7 Å². The van der Waals surface area contributed by atoms with Gasteiger partial charge in [0, 0.05) is 32.0 Å². The summed E-state index contributed by atoms with van der Waals surface area (Å²) in [7, 11) is 1.49. The van der Waals surface area contributed by atoms with E-state index in [0.29, 0.717) is 12.2 Å². The molecule has 2 aromatic carbocycles. The van der Waals surface area contributed by atoms with Crippen molar-refractivity contribution in [3.05, 3.63) is 53.6 Å². The van der Waals surface area contributed by atoms with E-state index in [4.69, 9.17) is 9.47 Å². The van der Waals surface area contributed by atoms with E-state index in [-0.39, 0.29) is 23.8 Å². The van der Waals surface area contributed by atoms with Crippen molar-refractivity contribution < 1.29 is 23.9 Å². The van der Waals surface area contributed by atoms with E-state index in [1.807, 2.05) is 6.07 Å². The number of benzene rings is 2. The second-order valence-corrected chi connectivity index (χ2v) is 6.47. The van der Waals surface area contributed by atoms with Crippen LogP contribution in [0, 0.1) is 0 Å². The molecule has 146 valence electrons. The molecule has 0 fully saturated rings. The first-order valence-electron chi connectivity index (χ1n) is 9.00. The molecule has 0 saturated heterocycles. The van der Waals surface area contributed by atoms with Crippen LogP contribution in [0.4, 0.5) is 11.4 Å². The Kier molecular flexibility index (Phi) is 6.06. The highest BCUT2D eigenvalue weighted by Crippen LogP contribution is 2.31. The van der Waals surface area contributed by atoms with Crippen LogP contribution in [0.2, 0.25) is 0 Å². The quantitative estimate of drug-likeness (QED) is 0.635. The number of fused-ring (bicyclic) bond motifs is 1. The Labute approximate surface area is 163 Å². The molecule has 28 heavy (non-hydrogen) atoms. The molecule has 7 nitrogen and oxygen atoms in total.